The van der Waals surface area contributed by atoms with Gasteiger partial charge in [-0.2, -0.15) is 0 Å². The quantitative estimate of drug-likeness (QED) is 0.458. The van der Waals surface area contributed by atoms with E-state index in [1.165, 1.54) is 0 Å². The third-order valence-corrected chi connectivity index (χ3v) is 6.42. The number of thiophene rings is 1. The Labute approximate surface area is 209 Å². The summed E-state index contributed by atoms with van der Waals surface area (Å²) in [7, 11) is 1.58. The molecule has 2 heterocycles. The van der Waals surface area contributed by atoms with Crippen LogP contribution in [0.2, 0.25) is 0 Å². The maximum Gasteiger partial charge on any atom is 0.241 e. The van der Waals surface area contributed by atoms with Gasteiger partial charge < -0.3 is 24.4 Å². The van der Waals surface area contributed by atoms with Crippen molar-refractivity contribution in [1.82, 2.24) is 4.90 Å². The number of hydrogen-bond acceptors (Lipinski definition) is 7. The van der Waals surface area contributed by atoms with E-state index in [2.05, 4.69) is 5.32 Å². The summed E-state index contributed by atoms with van der Waals surface area (Å²) in [5.74, 6) is 1.66. The van der Waals surface area contributed by atoms with Crippen molar-refractivity contribution in [3.63, 3.8) is 0 Å². The van der Waals surface area contributed by atoms with E-state index >= 15 is 0 Å². The first-order chi connectivity index (χ1) is 17.1. The molecule has 2 amide bonds. The lowest BCUT2D eigenvalue weighted by atomic mass is 10.2. The highest BCUT2D eigenvalue weighted by Crippen LogP contribution is 2.34. The third kappa shape index (κ3) is 6.52. The molecule has 4 rings (SSSR count). The van der Waals surface area contributed by atoms with E-state index in [9.17, 15) is 9.59 Å². The number of hydrogen-bond donors (Lipinski definition) is 1. The molecule has 1 aromatic heterocycles. The highest BCUT2D eigenvalue weighted by molar-refractivity contribution is 7.09. The lowest BCUT2D eigenvalue weighted by Crippen LogP contribution is -2.43. The molecule has 9 heteroatoms. The van der Waals surface area contributed by atoms with Crippen molar-refractivity contribution in [2.45, 2.75) is 13.5 Å². The van der Waals surface area contributed by atoms with Crippen molar-refractivity contribution >= 4 is 34.5 Å². The number of amides is 2. The summed E-state index contributed by atoms with van der Waals surface area (Å²) in [4.78, 5) is 30.8. The van der Waals surface area contributed by atoms with Crippen molar-refractivity contribution < 1.29 is 23.8 Å². The molecule has 1 aliphatic heterocycles. The van der Waals surface area contributed by atoms with Crippen LogP contribution in [0.1, 0.15) is 11.8 Å². The molecule has 8 nitrogen and oxygen atoms in total. The Hall–Kier alpha value is -3.56. The van der Waals surface area contributed by atoms with Gasteiger partial charge in [0.1, 0.15) is 19.0 Å². The Kier molecular flexibility index (Phi) is 8.23. The molecule has 0 radical (unpaired) electrons. The van der Waals surface area contributed by atoms with Gasteiger partial charge in [-0.1, -0.05) is 19.1 Å². The van der Waals surface area contributed by atoms with Gasteiger partial charge in [-0.05, 0) is 42.3 Å². The molecule has 35 heavy (non-hydrogen) atoms. The smallest absolute Gasteiger partial charge is 0.241 e. The Bertz CT molecular complexity index is 1150. The van der Waals surface area contributed by atoms with E-state index < -0.39 is 0 Å². The number of nitrogens with zero attached hydrogens (tertiary/aromatic N) is 2. The fourth-order valence-electron chi connectivity index (χ4n) is 3.74. The maximum absolute atomic E-state index is 13.5. The molecule has 0 unspecified atom stereocenters. The molecule has 2 aromatic carbocycles. The van der Waals surface area contributed by atoms with Crippen molar-refractivity contribution in [2.24, 2.45) is 0 Å². The van der Waals surface area contributed by atoms with E-state index in [4.69, 9.17) is 14.2 Å². The second-order valence-corrected chi connectivity index (χ2v) is 9.00. The van der Waals surface area contributed by atoms with Gasteiger partial charge in [0.25, 0.3) is 0 Å². The predicted molar refractivity (Wildman–Crippen MR) is 137 cm³/mol. The topological polar surface area (TPSA) is 80.3 Å². The van der Waals surface area contributed by atoms with Crippen molar-refractivity contribution in [2.75, 3.05) is 50.2 Å². The van der Waals surface area contributed by atoms with Gasteiger partial charge in [0.15, 0.2) is 11.5 Å². The maximum atomic E-state index is 13.5. The SMILES string of the molecule is CCN(CC(=O)Nc1cccc(OC)c1)CC(=O)N(Cc1cccs1)c1ccc2c(c1)OCCO2. The fraction of sp³-hybridized carbons (Fsp3) is 0.308. The standard InChI is InChI=1S/C26H29N3O5S/c1-3-28(17-25(30)27-19-6-4-7-21(14-19)32-2)18-26(31)29(16-22-8-5-13-35-22)20-9-10-23-24(15-20)34-12-11-33-23/h4-10,13-15H,3,11-12,16-18H2,1-2H3,(H,27,30). The number of anilines is 2. The highest BCUT2D eigenvalue weighted by atomic mass is 32.1. The molecule has 0 aliphatic carbocycles. The summed E-state index contributed by atoms with van der Waals surface area (Å²) in [6.07, 6.45) is 0. The van der Waals surface area contributed by atoms with E-state index in [-0.39, 0.29) is 24.9 Å². The van der Waals surface area contributed by atoms with Gasteiger partial charge >= 0.3 is 0 Å². The van der Waals surface area contributed by atoms with E-state index in [0.29, 0.717) is 49.2 Å². The largest absolute Gasteiger partial charge is 0.497 e. The monoisotopic (exact) mass is 495 g/mol. The number of carbonyl (C=O) groups is 2. The molecule has 1 N–H and O–H groups in total. The Morgan fingerprint density at radius 2 is 1.86 bits per heavy atom. The summed E-state index contributed by atoms with van der Waals surface area (Å²) in [6, 6.07) is 16.7. The second kappa shape index (κ2) is 11.7. The van der Waals surface area contributed by atoms with E-state index in [1.54, 1.807) is 35.5 Å². The average Bonchev–Trinajstić information content (AvgIpc) is 3.40. The summed E-state index contributed by atoms with van der Waals surface area (Å²) < 4.78 is 16.6. The van der Waals surface area contributed by atoms with Crippen LogP contribution in [0.4, 0.5) is 11.4 Å². The molecule has 184 valence electrons. The number of methoxy groups -OCH3 is 1. The molecule has 0 saturated carbocycles. The van der Waals surface area contributed by atoms with Gasteiger partial charge in [0.2, 0.25) is 11.8 Å². The first-order valence-electron chi connectivity index (χ1n) is 11.4. The van der Waals surface area contributed by atoms with Crippen LogP contribution in [0.5, 0.6) is 17.2 Å². The Balaban J connectivity index is 1.46. The van der Waals surface area contributed by atoms with Crippen LogP contribution in [-0.2, 0) is 16.1 Å². The van der Waals surface area contributed by atoms with Gasteiger partial charge in [-0.25, -0.2) is 0 Å². The number of carbonyl (C=O) groups excluding carboxylic acids is 2. The lowest BCUT2D eigenvalue weighted by molar-refractivity contribution is -0.121. The van der Waals surface area contributed by atoms with Crippen LogP contribution in [0, 0.1) is 0 Å². The summed E-state index contributed by atoms with van der Waals surface area (Å²) in [5.41, 5.74) is 1.37. The van der Waals surface area contributed by atoms with Crippen LogP contribution >= 0.6 is 11.3 Å². The minimum atomic E-state index is -0.197. The zero-order valence-corrected chi connectivity index (χ0v) is 20.7. The molecule has 0 bridgehead atoms. The van der Waals surface area contributed by atoms with Crippen LogP contribution in [0.3, 0.4) is 0 Å². The summed E-state index contributed by atoms with van der Waals surface area (Å²) in [6.45, 7) is 4.08. The number of benzene rings is 2. The minimum Gasteiger partial charge on any atom is -0.497 e. The molecule has 3 aromatic rings. The molecular weight excluding hydrogens is 466 g/mol. The molecule has 0 saturated heterocycles. The molecular formula is C26H29N3O5S. The third-order valence-electron chi connectivity index (χ3n) is 5.56. The summed E-state index contributed by atoms with van der Waals surface area (Å²) in [5, 5.41) is 4.86. The zero-order valence-electron chi connectivity index (χ0n) is 19.9. The molecule has 0 spiro atoms. The van der Waals surface area contributed by atoms with Crippen molar-refractivity contribution in [3.05, 3.63) is 64.9 Å². The van der Waals surface area contributed by atoms with Crippen LogP contribution in [0.15, 0.2) is 60.0 Å². The van der Waals surface area contributed by atoms with Crippen molar-refractivity contribution in [1.29, 1.82) is 0 Å². The number of nitrogens with one attached hydrogen (secondary N) is 1. The first-order valence-corrected chi connectivity index (χ1v) is 12.3. The van der Waals surface area contributed by atoms with E-state index in [1.807, 2.05) is 59.7 Å². The minimum absolute atomic E-state index is 0.0907. The Morgan fingerprint density at radius 1 is 1.03 bits per heavy atom. The lowest BCUT2D eigenvalue weighted by Gasteiger charge is -2.28. The number of ether oxygens (including phenoxy) is 3. The van der Waals surface area contributed by atoms with Crippen LogP contribution in [0.25, 0.3) is 0 Å². The normalized spacial score (nSPS) is 12.3. The number of rotatable bonds is 10. The van der Waals surface area contributed by atoms with Gasteiger partial charge in [-0.15, -0.1) is 11.3 Å². The van der Waals surface area contributed by atoms with Crippen molar-refractivity contribution in [3.8, 4) is 17.2 Å². The Morgan fingerprint density at radius 3 is 2.60 bits per heavy atom. The van der Waals surface area contributed by atoms with Gasteiger partial charge in [-0.3, -0.25) is 14.5 Å². The molecule has 0 atom stereocenters. The zero-order chi connectivity index (χ0) is 24.6. The second-order valence-electron chi connectivity index (χ2n) is 7.97. The number of likely N-dealkylation sites (N-methyl/N-ethyl adjacent to an activating group) is 1. The number of fused-ring (bicyclic) bond motifs is 1. The highest BCUT2D eigenvalue weighted by Gasteiger charge is 2.23. The fourth-order valence-corrected chi connectivity index (χ4v) is 4.44. The van der Waals surface area contributed by atoms with Gasteiger partial charge in [0.05, 0.1) is 26.7 Å². The molecule has 1 aliphatic rings. The summed E-state index contributed by atoms with van der Waals surface area (Å²) >= 11 is 1.59. The van der Waals surface area contributed by atoms with Crippen LogP contribution < -0.4 is 24.4 Å². The molecule has 0 fully saturated rings. The predicted octanol–water partition coefficient (Wildman–Crippen LogP) is 4.02. The first kappa shape index (κ1) is 24.6. The average molecular weight is 496 g/mol. The van der Waals surface area contributed by atoms with E-state index in [0.717, 1.165) is 10.6 Å². The van der Waals surface area contributed by atoms with Gasteiger partial charge in [0, 0.05) is 28.4 Å². The van der Waals surface area contributed by atoms with Crippen LogP contribution in [-0.4, -0.2) is 56.7 Å².